The molecule has 0 spiro atoms. The van der Waals surface area contributed by atoms with E-state index in [1.165, 1.54) is 18.4 Å². The average molecular weight is 291 g/mol. The lowest BCUT2D eigenvalue weighted by Crippen LogP contribution is -2.37. The van der Waals surface area contributed by atoms with E-state index in [-0.39, 0.29) is 0 Å². The van der Waals surface area contributed by atoms with Gasteiger partial charge in [0.25, 0.3) is 0 Å². The molecule has 0 bridgehead atoms. The smallest absolute Gasteiger partial charge is 0.191 e. The molecule has 0 radical (unpaired) electrons. The van der Waals surface area contributed by atoms with Gasteiger partial charge in [-0.25, -0.2) is 0 Å². The van der Waals surface area contributed by atoms with Crippen molar-refractivity contribution >= 4 is 5.96 Å². The summed E-state index contributed by atoms with van der Waals surface area (Å²) in [6.45, 7) is 2.95. The molecule has 0 aromatic heterocycles. The van der Waals surface area contributed by atoms with Gasteiger partial charge in [0.05, 0.1) is 6.61 Å². The van der Waals surface area contributed by atoms with E-state index >= 15 is 0 Å². The number of hydrogen-bond donors (Lipinski definition) is 2. The number of benzene rings is 1. The van der Waals surface area contributed by atoms with E-state index in [2.05, 4.69) is 27.8 Å². The van der Waals surface area contributed by atoms with Gasteiger partial charge in [-0.05, 0) is 36.5 Å². The van der Waals surface area contributed by atoms with Crippen molar-refractivity contribution in [1.29, 1.82) is 0 Å². The molecule has 0 atom stereocenters. The molecular formula is C16H25N3O2. The van der Waals surface area contributed by atoms with Gasteiger partial charge in [-0.2, -0.15) is 0 Å². The lowest BCUT2D eigenvalue weighted by atomic mass is 10.2. The first-order valence-electron chi connectivity index (χ1n) is 7.47. The molecule has 1 aliphatic carbocycles. The Balaban J connectivity index is 1.71. The fraction of sp³-hybridized carbons (Fsp3) is 0.562. The van der Waals surface area contributed by atoms with Crippen LogP contribution in [0.25, 0.3) is 0 Å². The van der Waals surface area contributed by atoms with Crippen LogP contribution in [0, 0.1) is 5.92 Å². The zero-order chi connectivity index (χ0) is 14.9. The molecule has 1 aromatic carbocycles. The van der Waals surface area contributed by atoms with E-state index in [9.17, 15) is 0 Å². The van der Waals surface area contributed by atoms with Crippen LogP contribution in [0.1, 0.15) is 18.4 Å². The van der Waals surface area contributed by atoms with Crippen LogP contribution >= 0.6 is 0 Å². The second kappa shape index (κ2) is 8.52. The van der Waals surface area contributed by atoms with Crippen molar-refractivity contribution in [1.82, 2.24) is 10.6 Å². The van der Waals surface area contributed by atoms with Crippen LogP contribution in [0.15, 0.2) is 29.3 Å². The molecule has 21 heavy (non-hydrogen) atoms. The molecule has 0 heterocycles. The van der Waals surface area contributed by atoms with Crippen LogP contribution in [0.4, 0.5) is 0 Å². The van der Waals surface area contributed by atoms with Crippen LogP contribution in [-0.4, -0.2) is 39.9 Å². The molecule has 116 valence electrons. The van der Waals surface area contributed by atoms with Crippen LogP contribution in [0.3, 0.4) is 0 Å². The summed E-state index contributed by atoms with van der Waals surface area (Å²) >= 11 is 0. The fourth-order valence-corrected chi connectivity index (χ4v) is 1.92. The molecule has 1 fully saturated rings. The number of guanidine groups is 1. The first-order valence-corrected chi connectivity index (χ1v) is 7.47. The number of nitrogens with zero attached hydrogens (tertiary/aromatic N) is 1. The SMILES string of the molecule is CN=C(NCc1ccc(OCCOC)cc1)NCC1CC1. The predicted molar refractivity (Wildman–Crippen MR) is 84.7 cm³/mol. The largest absolute Gasteiger partial charge is 0.491 e. The summed E-state index contributed by atoms with van der Waals surface area (Å²) in [7, 11) is 3.47. The molecule has 2 rings (SSSR count). The highest BCUT2D eigenvalue weighted by Gasteiger charge is 2.20. The average Bonchev–Trinajstić information content (AvgIpc) is 3.33. The number of ether oxygens (including phenoxy) is 2. The predicted octanol–water partition coefficient (Wildman–Crippen LogP) is 1.79. The van der Waals surface area contributed by atoms with Gasteiger partial charge >= 0.3 is 0 Å². The van der Waals surface area contributed by atoms with Gasteiger partial charge in [-0.3, -0.25) is 4.99 Å². The normalized spacial score (nSPS) is 14.9. The van der Waals surface area contributed by atoms with E-state index in [1.807, 2.05) is 12.1 Å². The maximum absolute atomic E-state index is 5.54. The van der Waals surface area contributed by atoms with Gasteiger partial charge < -0.3 is 20.1 Å². The van der Waals surface area contributed by atoms with Crippen molar-refractivity contribution in [2.75, 3.05) is 33.9 Å². The monoisotopic (exact) mass is 291 g/mol. The van der Waals surface area contributed by atoms with Gasteiger partial charge in [0.15, 0.2) is 5.96 Å². The van der Waals surface area contributed by atoms with Crippen LogP contribution < -0.4 is 15.4 Å². The van der Waals surface area contributed by atoms with Gasteiger partial charge in [-0.1, -0.05) is 12.1 Å². The van der Waals surface area contributed by atoms with Crippen molar-refractivity contribution in [2.45, 2.75) is 19.4 Å². The number of nitrogens with one attached hydrogen (secondary N) is 2. The molecule has 2 N–H and O–H groups in total. The third-order valence-corrected chi connectivity index (χ3v) is 3.42. The van der Waals surface area contributed by atoms with E-state index in [0.29, 0.717) is 13.2 Å². The van der Waals surface area contributed by atoms with E-state index in [0.717, 1.165) is 30.7 Å². The van der Waals surface area contributed by atoms with Gasteiger partial charge in [0, 0.05) is 27.2 Å². The fourth-order valence-electron chi connectivity index (χ4n) is 1.92. The quantitative estimate of drug-likeness (QED) is 0.435. The minimum atomic E-state index is 0.575. The van der Waals surface area contributed by atoms with Crippen molar-refractivity contribution in [3.63, 3.8) is 0 Å². The highest BCUT2D eigenvalue weighted by atomic mass is 16.5. The zero-order valence-electron chi connectivity index (χ0n) is 12.9. The Kier molecular flexibility index (Phi) is 6.34. The minimum absolute atomic E-state index is 0.575. The Labute approximate surface area is 126 Å². The summed E-state index contributed by atoms with van der Waals surface area (Å²) in [6, 6.07) is 8.08. The molecule has 0 amide bonds. The molecule has 5 nitrogen and oxygen atoms in total. The number of methoxy groups -OCH3 is 1. The molecule has 0 aliphatic heterocycles. The van der Waals surface area contributed by atoms with Crippen molar-refractivity contribution in [3.05, 3.63) is 29.8 Å². The summed E-state index contributed by atoms with van der Waals surface area (Å²) in [6.07, 6.45) is 2.68. The minimum Gasteiger partial charge on any atom is -0.491 e. The Morgan fingerprint density at radius 2 is 1.95 bits per heavy atom. The number of rotatable bonds is 8. The van der Waals surface area contributed by atoms with Gasteiger partial charge in [0.1, 0.15) is 12.4 Å². The highest BCUT2D eigenvalue weighted by Crippen LogP contribution is 2.27. The van der Waals surface area contributed by atoms with Crippen LogP contribution in [0.2, 0.25) is 0 Å². The van der Waals surface area contributed by atoms with Crippen molar-refractivity contribution in [2.24, 2.45) is 10.9 Å². The van der Waals surface area contributed by atoms with E-state index < -0.39 is 0 Å². The van der Waals surface area contributed by atoms with Gasteiger partial charge in [-0.15, -0.1) is 0 Å². The summed E-state index contributed by atoms with van der Waals surface area (Å²) in [4.78, 5) is 4.23. The topological polar surface area (TPSA) is 54.9 Å². The maximum atomic E-state index is 5.54. The zero-order valence-corrected chi connectivity index (χ0v) is 12.9. The molecule has 1 aromatic rings. The first kappa shape index (κ1) is 15.6. The summed E-state index contributed by atoms with van der Waals surface area (Å²) < 4.78 is 10.5. The maximum Gasteiger partial charge on any atom is 0.191 e. The number of hydrogen-bond acceptors (Lipinski definition) is 3. The number of aliphatic imine (C=N–C) groups is 1. The molecule has 0 unspecified atom stereocenters. The second-order valence-corrected chi connectivity index (χ2v) is 5.24. The van der Waals surface area contributed by atoms with E-state index in [4.69, 9.17) is 9.47 Å². The van der Waals surface area contributed by atoms with Crippen molar-refractivity contribution < 1.29 is 9.47 Å². The summed E-state index contributed by atoms with van der Waals surface area (Å²) in [5, 5.41) is 6.67. The van der Waals surface area contributed by atoms with Crippen LogP contribution in [-0.2, 0) is 11.3 Å². The Hall–Kier alpha value is -1.75. The van der Waals surface area contributed by atoms with Crippen LogP contribution in [0.5, 0.6) is 5.75 Å². The molecule has 5 heteroatoms. The summed E-state index contributed by atoms with van der Waals surface area (Å²) in [5.74, 6) is 2.57. The standard InChI is InChI=1S/C16H25N3O2/c1-17-16(18-11-13-3-4-13)19-12-14-5-7-15(8-6-14)21-10-9-20-2/h5-8,13H,3-4,9-12H2,1-2H3,(H2,17,18,19). The second-order valence-electron chi connectivity index (χ2n) is 5.24. The summed E-state index contributed by atoms with van der Waals surface area (Å²) in [5.41, 5.74) is 1.20. The van der Waals surface area contributed by atoms with Crippen molar-refractivity contribution in [3.8, 4) is 5.75 Å². The first-order chi connectivity index (χ1) is 10.3. The highest BCUT2D eigenvalue weighted by molar-refractivity contribution is 5.79. The third kappa shape index (κ3) is 6.04. The Morgan fingerprint density at radius 3 is 2.57 bits per heavy atom. The molecule has 1 saturated carbocycles. The third-order valence-electron chi connectivity index (χ3n) is 3.42. The lowest BCUT2D eigenvalue weighted by Gasteiger charge is -2.12. The molecule has 0 saturated heterocycles. The molecular weight excluding hydrogens is 266 g/mol. The molecule has 1 aliphatic rings. The Bertz CT molecular complexity index is 441. The van der Waals surface area contributed by atoms with E-state index in [1.54, 1.807) is 14.2 Å². The lowest BCUT2D eigenvalue weighted by molar-refractivity contribution is 0.146. The Morgan fingerprint density at radius 1 is 1.19 bits per heavy atom. The van der Waals surface area contributed by atoms with Gasteiger partial charge in [0.2, 0.25) is 0 Å².